The Kier molecular flexibility index (Phi) is 3.24. The molecule has 2 heterocycles. The van der Waals surface area contributed by atoms with Gasteiger partial charge in [0.1, 0.15) is 0 Å². The predicted molar refractivity (Wildman–Crippen MR) is 59.2 cm³/mol. The Morgan fingerprint density at radius 2 is 2.54 bits per heavy atom. The Morgan fingerprint density at radius 3 is 3.15 bits per heavy atom. The molecule has 0 saturated carbocycles. The standard InChI is InChI=1S/C9H14N2S2/c1-7-3-12-5-9(7)10-2-8-4-13-6-11-8/h4,6-7,9-10H,2-3,5H2,1H3. The molecule has 4 heteroatoms. The molecule has 1 aromatic rings. The van der Waals surface area contributed by atoms with Gasteiger partial charge >= 0.3 is 0 Å². The maximum atomic E-state index is 4.25. The quantitative estimate of drug-likeness (QED) is 0.833. The van der Waals surface area contributed by atoms with Crippen molar-refractivity contribution in [3.8, 4) is 0 Å². The lowest BCUT2D eigenvalue weighted by Gasteiger charge is -2.15. The SMILES string of the molecule is CC1CSCC1NCc1cscn1. The molecular weight excluding hydrogens is 200 g/mol. The van der Waals surface area contributed by atoms with Crippen molar-refractivity contribution in [2.24, 2.45) is 5.92 Å². The van der Waals surface area contributed by atoms with Crippen LogP contribution in [0, 0.1) is 5.92 Å². The Balaban J connectivity index is 1.79. The van der Waals surface area contributed by atoms with Gasteiger partial charge in [-0.3, -0.25) is 0 Å². The van der Waals surface area contributed by atoms with Gasteiger partial charge in [0.05, 0.1) is 11.2 Å². The van der Waals surface area contributed by atoms with Crippen LogP contribution >= 0.6 is 23.1 Å². The molecular formula is C9H14N2S2. The van der Waals surface area contributed by atoms with E-state index in [1.807, 2.05) is 17.3 Å². The number of hydrogen-bond donors (Lipinski definition) is 1. The molecule has 1 saturated heterocycles. The van der Waals surface area contributed by atoms with E-state index in [0.29, 0.717) is 6.04 Å². The highest BCUT2D eigenvalue weighted by molar-refractivity contribution is 7.99. The lowest BCUT2D eigenvalue weighted by molar-refractivity contribution is 0.451. The fraction of sp³-hybridized carbons (Fsp3) is 0.667. The highest BCUT2D eigenvalue weighted by atomic mass is 32.2. The summed E-state index contributed by atoms with van der Waals surface area (Å²) in [6.45, 7) is 3.25. The van der Waals surface area contributed by atoms with Gasteiger partial charge in [-0.1, -0.05) is 6.92 Å². The number of thiazole rings is 1. The van der Waals surface area contributed by atoms with Gasteiger partial charge in [-0.05, 0) is 11.7 Å². The molecule has 0 aliphatic carbocycles. The van der Waals surface area contributed by atoms with Gasteiger partial charge in [-0.15, -0.1) is 11.3 Å². The number of nitrogens with zero attached hydrogens (tertiary/aromatic N) is 1. The van der Waals surface area contributed by atoms with Gasteiger partial charge in [0, 0.05) is 23.7 Å². The number of rotatable bonds is 3. The van der Waals surface area contributed by atoms with E-state index in [2.05, 4.69) is 22.6 Å². The van der Waals surface area contributed by atoms with E-state index >= 15 is 0 Å². The lowest BCUT2D eigenvalue weighted by Crippen LogP contribution is -2.33. The molecule has 2 nitrogen and oxygen atoms in total. The molecule has 1 aliphatic heterocycles. The zero-order valence-electron chi connectivity index (χ0n) is 7.69. The molecule has 2 unspecified atom stereocenters. The summed E-state index contributed by atoms with van der Waals surface area (Å²) < 4.78 is 0. The van der Waals surface area contributed by atoms with Gasteiger partial charge in [0.15, 0.2) is 0 Å². The van der Waals surface area contributed by atoms with Gasteiger partial charge in [0.25, 0.3) is 0 Å². The minimum absolute atomic E-state index is 0.687. The second-order valence-corrected chi connectivity index (χ2v) is 5.28. The zero-order valence-corrected chi connectivity index (χ0v) is 9.33. The van der Waals surface area contributed by atoms with Crippen molar-refractivity contribution in [2.45, 2.75) is 19.5 Å². The van der Waals surface area contributed by atoms with E-state index in [1.54, 1.807) is 11.3 Å². The molecule has 1 aliphatic rings. The third-order valence-electron chi connectivity index (χ3n) is 2.39. The molecule has 72 valence electrons. The largest absolute Gasteiger partial charge is 0.307 e. The molecule has 2 rings (SSSR count). The van der Waals surface area contributed by atoms with Crippen LogP contribution in [0.25, 0.3) is 0 Å². The highest BCUT2D eigenvalue weighted by Gasteiger charge is 2.22. The first-order valence-electron chi connectivity index (χ1n) is 4.54. The molecule has 13 heavy (non-hydrogen) atoms. The minimum atomic E-state index is 0.687. The molecule has 0 amide bonds. The number of nitrogens with one attached hydrogen (secondary N) is 1. The van der Waals surface area contributed by atoms with Crippen LogP contribution in [-0.2, 0) is 6.54 Å². The van der Waals surface area contributed by atoms with Crippen molar-refractivity contribution in [3.05, 3.63) is 16.6 Å². The van der Waals surface area contributed by atoms with Crippen LogP contribution in [0.1, 0.15) is 12.6 Å². The van der Waals surface area contributed by atoms with Crippen molar-refractivity contribution in [3.63, 3.8) is 0 Å². The van der Waals surface area contributed by atoms with Crippen molar-refractivity contribution in [1.29, 1.82) is 0 Å². The Morgan fingerprint density at radius 1 is 1.62 bits per heavy atom. The third kappa shape index (κ3) is 2.45. The Hall–Kier alpha value is -0.0600. The third-order valence-corrected chi connectivity index (χ3v) is 4.39. The summed E-state index contributed by atoms with van der Waals surface area (Å²) in [5.74, 6) is 3.36. The first kappa shape index (κ1) is 9.49. The molecule has 1 N–H and O–H groups in total. The second-order valence-electron chi connectivity index (χ2n) is 3.48. The van der Waals surface area contributed by atoms with Crippen LogP contribution in [0.15, 0.2) is 10.9 Å². The van der Waals surface area contributed by atoms with Gasteiger partial charge in [-0.25, -0.2) is 4.98 Å². The second kappa shape index (κ2) is 4.44. The highest BCUT2D eigenvalue weighted by Crippen LogP contribution is 2.23. The zero-order chi connectivity index (χ0) is 9.10. The number of aromatic nitrogens is 1. The van der Waals surface area contributed by atoms with E-state index in [9.17, 15) is 0 Å². The summed E-state index contributed by atoms with van der Waals surface area (Å²) in [4.78, 5) is 4.25. The first-order valence-corrected chi connectivity index (χ1v) is 6.64. The van der Waals surface area contributed by atoms with Gasteiger partial charge in [0.2, 0.25) is 0 Å². The summed E-state index contributed by atoms with van der Waals surface area (Å²) in [6.07, 6.45) is 0. The first-order chi connectivity index (χ1) is 6.36. The smallest absolute Gasteiger partial charge is 0.0795 e. The number of thioether (sulfide) groups is 1. The van der Waals surface area contributed by atoms with Crippen molar-refractivity contribution < 1.29 is 0 Å². The summed E-state index contributed by atoms with van der Waals surface area (Å²) in [5, 5.41) is 5.67. The molecule has 0 radical (unpaired) electrons. The van der Waals surface area contributed by atoms with E-state index in [0.717, 1.165) is 12.5 Å². The monoisotopic (exact) mass is 214 g/mol. The Labute approximate surface area is 87.1 Å². The maximum Gasteiger partial charge on any atom is 0.0795 e. The average molecular weight is 214 g/mol. The summed E-state index contributed by atoms with van der Waals surface area (Å²) in [5.41, 5.74) is 3.07. The van der Waals surface area contributed by atoms with Crippen molar-refractivity contribution in [2.75, 3.05) is 11.5 Å². The minimum Gasteiger partial charge on any atom is -0.307 e. The van der Waals surface area contributed by atoms with Crippen molar-refractivity contribution in [1.82, 2.24) is 10.3 Å². The van der Waals surface area contributed by atoms with Gasteiger partial charge in [-0.2, -0.15) is 11.8 Å². The van der Waals surface area contributed by atoms with Crippen LogP contribution < -0.4 is 5.32 Å². The van der Waals surface area contributed by atoms with Crippen LogP contribution in [0.5, 0.6) is 0 Å². The summed E-state index contributed by atoms with van der Waals surface area (Å²) in [6, 6.07) is 0.687. The predicted octanol–water partition coefficient (Wildman–Crippen LogP) is 1.98. The number of hydrogen-bond acceptors (Lipinski definition) is 4. The van der Waals surface area contributed by atoms with Crippen LogP contribution in [0.4, 0.5) is 0 Å². The fourth-order valence-electron chi connectivity index (χ4n) is 1.48. The van der Waals surface area contributed by atoms with E-state index in [1.165, 1.54) is 17.2 Å². The van der Waals surface area contributed by atoms with Crippen molar-refractivity contribution >= 4 is 23.1 Å². The summed E-state index contributed by atoms with van der Waals surface area (Å²) in [7, 11) is 0. The Bertz CT molecular complexity index is 248. The van der Waals surface area contributed by atoms with E-state index < -0.39 is 0 Å². The van der Waals surface area contributed by atoms with Crippen LogP contribution in [0.3, 0.4) is 0 Å². The average Bonchev–Trinajstić information content (AvgIpc) is 2.72. The van der Waals surface area contributed by atoms with E-state index in [-0.39, 0.29) is 0 Å². The molecule has 0 aromatic carbocycles. The summed E-state index contributed by atoms with van der Waals surface area (Å²) >= 11 is 3.71. The van der Waals surface area contributed by atoms with Gasteiger partial charge < -0.3 is 5.32 Å². The van der Waals surface area contributed by atoms with E-state index in [4.69, 9.17) is 0 Å². The topological polar surface area (TPSA) is 24.9 Å². The molecule has 1 fully saturated rings. The molecule has 0 spiro atoms. The lowest BCUT2D eigenvalue weighted by atomic mass is 10.1. The normalized spacial score (nSPS) is 28.1. The van der Waals surface area contributed by atoms with Crippen LogP contribution in [-0.4, -0.2) is 22.5 Å². The molecule has 2 atom stereocenters. The maximum absolute atomic E-state index is 4.25. The van der Waals surface area contributed by atoms with Crippen LogP contribution in [0.2, 0.25) is 0 Å². The fourth-order valence-corrected chi connectivity index (χ4v) is 3.48. The molecule has 1 aromatic heterocycles. The molecule has 0 bridgehead atoms.